The molecule has 1 aromatic rings. The van der Waals surface area contributed by atoms with Crippen molar-refractivity contribution >= 4 is 0 Å². The van der Waals surface area contributed by atoms with Crippen LogP contribution in [0, 0.1) is 11.3 Å². The monoisotopic (exact) mass is 165 g/mol. The highest BCUT2D eigenvalue weighted by Gasteiger charge is 1.97. The molecule has 0 atom stereocenters. The Labute approximate surface area is 71.0 Å². The SMILES string of the molecule is Cn1nncc1CNCCC#N. The van der Waals surface area contributed by atoms with E-state index in [1.807, 2.05) is 7.05 Å². The predicted molar refractivity (Wildman–Crippen MR) is 42.9 cm³/mol. The van der Waals surface area contributed by atoms with Gasteiger partial charge in [-0.25, -0.2) is 0 Å². The van der Waals surface area contributed by atoms with Crippen LogP contribution in [-0.2, 0) is 13.6 Å². The Morgan fingerprint density at radius 3 is 3.17 bits per heavy atom. The second-order valence-corrected chi connectivity index (χ2v) is 2.43. The Morgan fingerprint density at radius 2 is 2.58 bits per heavy atom. The molecule has 0 saturated heterocycles. The van der Waals surface area contributed by atoms with E-state index in [0.717, 1.165) is 5.69 Å². The van der Waals surface area contributed by atoms with Gasteiger partial charge in [0.1, 0.15) is 0 Å². The van der Waals surface area contributed by atoms with Crippen molar-refractivity contribution in [3.05, 3.63) is 11.9 Å². The first-order valence-electron chi connectivity index (χ1n) is 3.76. The van der Waals surface area contributed by atoms with Gasteiger partial charge < -0.3 is 5.32 Å². The number of aryl methyl sites for hydroxylation is 1. The maximum Gasteiger partial charge on any atom is 0.0738 e. The zero-order valence-corrected chi connectivity index (χ0v) is 6.99. The molecule has 64 valence electrons. The lowest BCUT2D eigenvalue weighted by atomic mass is 10.4. The smallest absolute Gasteiger partial charge is 0.0738 e. The van der Waals surface area contributed by atoms with Crippen molar-refractivity contribution in [3.8, 4) is 6.07 Å². The van der Waals surface area contributed by atoms with Gasteiger partial charge in [-0.15, -0.1) is 5.10 Å². The molecule has 0 radical (unpaired) electrons. The van der Waals surface area contributed by atoms with E-state index < -0.39 is 0 Å². The molecule has 5 nitrogen and oxygen atoms in total. The Hall–Kier alpha value is -1.41. The lowest BCUT2D eigenvalue weighted by Crippen LogP contribution is -2.16. The summed E-state index contributed by atoms with van der Waals surface area (Å²) in [6.07, 6.45) is 2.24. The van der Waals surface area contributed by atoms with E-state index in [9.17, 15) is 0 Å². The number of nitrogens with zero attached hydrogens (tertiary/aromatic N) is 4. The molecule has 1 rings (SSSR count). The van der Waals surface area contributed by atoms with E-state index in [1.165, 1.54) is 0 Å². The van der Waals surface area contributed by atoms with Crippen molar-refractivity contribution in [1.29, 1.82) is 5.26 Å². The van der Waals surface area contributed by atoms with E-state index in [4.69, 9.17) is 5.26 Å². The summed E-state index contributed by atoms with van der Waals surface area (Å²) in [4.78, 5) is 0. The minimum atomic E-state index is 0.533. The summed E-state index contributed by atoms with van der Waals surface area (Å²) in [5.74, 6) is 0. The van der Waals surface area contributed by atoms with Crippen LogP contribution in [0.2, 0.25) is 0 Å². The van der Waals surface area contributed by atoms with E-state index >= 15 is 0 Å². The van der Waals surface area contributed by atoms with Gasteiger partial charge in [-0.2, -0.15) is 5.26 Å². The van der Waals surface area contributed by atoms with E-state index in [2.05, 4.69) is 21.7 Å². The van der Waals surface area contributed by atoms with Crippen molar-refractivity contribution in [1.82, 2.24) is 20.3 Å². The van der Waals surface area contributed by atoms with E-state index in [1.54, 1.807) is 10.9 Å². The second kappa shape index (κ2) is 4.46. The molecule has 5 heteroatoms. The molecule has 12 heavy (non-hydrogen) atoms. The summed E-state index contributed by atoms with van der Waals surface area (Å²) in [5.41, 5.74) is 1.02. The molecular formula is C7H11N5. The highest BCUT2D eigenvalue weighted by molar-refractivity contribution is 4.92. The van der Waals surface area contributed by atoms with Gasteiger partial charge in [0.25, 0.3) is 0 Å². The topological polar surface area (TPSA) is 66.5 Å². The van der Waals surface area contributed by atoms with Gasteiger partial charge in [0.05, 0.1) is 18.0 Å². The molecule has 1 heterocycles. The van der Waals surface area contributed by atoms with E-state index in [-0.39, 0.29) is 0 Å². The van der Waals surface area contributed by atoms with Crippen LogP contribution in [0.5, 0.6) is 0 Å². The van der Waals surface area contributed by atoms with E-state index in [0.29, 0.717) is 19.5 Å². The summed E-state index contributed by atoms with van der Waals surface area (Å²) in [7, 11) is 1.84. The average molecular weight is 165 g/mol. The summed E-state index contributed by atoms with van der Waals surface area (Å²) in [5, 5.41) is 18.9. The molecule has 1 N–H and O–H groups in total. The Bertz CT molecular complexity index is 272. The quantitative estimate of drug-likeness (QED) is 0.628. The van der Waals surface area contributed by atoms with Gasteiger partial charge >= 0.3 is 0 Å². The molecule has 0 saturated carbocycles. The van der Waals surface area contributed by atoms with Crippen molar-refractivity contribution in [2.45, 2.75) is 13.0 Å². The van der Waals surface area contributed by atoms with Crippen molar-refractivity contribution < 1.29 is 0 Å². The Balaban J connectivity index is 2.25. The number of nitriles is 1. The molecule has 0 fully saturated rings. The lowest BCUT2D eigenvalue weighted by Gasteiger charge is -2.00. The van der Waals surface area contributed by atoms with Crippen molar-refractivity contribution in [3.63, 3.8) is 0 Å². The summed E-state index contributed by atoms with van der Waals surface area (Å²) < 4.78 is 1.71. The number of hydrogen-bond donors (Lipinski definition) is 1. The first-order chi connectivity index (χ1) is 5.84. The Kier molecular flexibility index (Phi) is 3.23. The van der Waals surface area contributed by atoms with Gasteiger partial charge in [0, 0.05) is 26.6 Å². The van der Waals surface area contributed by atoms with Crippen LogP contribution in [0.3, 0.4) is 0 Å². The molecule has 0 bridgehead atoms. The summed E-state index contributed by atoms with van der Waals surface area (Å²) >= 11 is 0. The third kappa shape index (κ3) is 2.32. The highest BCUT2D eigenvalue weighted by Crippen LogP contribution is 1.91. The fourth-order valence-electron chi connectivity index (χ4n) is 0.832. The first kappa shape index (κ1) is 8.68. The molecule has 0 aromatic carbocycles. The molecular weight excluding hydrogens is 154 g/mol. The summed E-state index contributed by atoms with van der Waals surface area (Å²) in [6, 6.07) is 2.06. The fraction of sp³-hybridized carbons (Fsp3) is 0.571. The first-order valence-corrected chi connectivity index (χ1v) is 3.76. The molecule has 0 unspecified atom stereocenters. The van der Waals surface area contributed by atoms with Crippen LogP contribution < -0.4 is 5.32 Å². The predicted octanol–water partition coefficient (Wildman–Crippen LogP) is -0.182. The number of aromatic nitrogens is 3. The Morgan fingerprint density at radius 1 is 1.75 bits per heavy atom. The number of rotatable bonds is 4. The molecule has 0 aliphatic heterocycles. The van der Waals surface area contributed by atoms with Crippen LogP contribution in [-0.4, -0.2) is 21.5 Å². The third-order valence-electron chi connectivity index (χ3n) is 1.53. The maximum absolute atomic E-state index is 8.26. The minimum Gasteiger partial charge on any atom is -0.310 e. The summed E-state index contributed by atoms with van der Waals surface area (Å²) in [6.45, 7) is 1.42. The van der Waals surface area contributed by atoms with Crippen LogP contribution in [0.4, 0.5) is 0 Å². The highest BCUT2D eigenvalue weighted by atomic mass is 15.4. The van der Waals surface area contributed by atoms with Crippen molar-refractivity contribution in [2.75, 3.05) is 6.54 Å². The van der Waals surface area contributed by atoms with Crippen LogP contribution in [0.1, 0.15) is 12.1 Å². The molecule has 0 amide bonds. The lowest BCUT2D eigenvalue weighted by molar-refractivity contribution is 0.621. The van der Waals surface area contributed by atoms with Crippen molar-refractivity contribution in [2.24, 2.45) is 7.05 Å². The molecule has 1 aromatic heterocycles. The fourth-order valence-corrected chi connectivity index (χ4v) is 0.832. The number of hydrogen-bond acceptors (Lipinski definition) is 4. The van der Waals surface area contributed by atoms with Crippen LogP contribution in [0.15, 0.2) is 6.20 Å². The van der Waals surface area contributed by atoms with Gasteiger partial charge in [-0.3, -0.25) is 4.68 Å². The average Bonchev–Trinajstić information content (AvgIpc) is 2.46. The minimum absolute atomic E-state index is 0.533. The van der Waals surface area contributed by atoms with Gasteiger partial charge in [0.15, 0.2) is 0 Å². The van der Waals surface area contributed by atoms with Gasteiger partial charge in [-0.05, 0) is 0 Å². The number of nitrogens with one attached hydrogen (secondary N) is 1. The largest absolute Gasteiger partial charge is 0.310 e. The standard InChI is InChI=1S/C7H11N5/c1-12-7(6-10-11-12)5-9-4-2-3-8/h6,9H,2,4-5H2,1H3. The zero-order valence-electron chi connectivity index (χ0n) is 6.99. The maximum atomic E-state index is 8.26. The van der Waals surface area contributed by atoms with Gasteiger partial charge in [0.2, 0.25) is 0 Å². The molecule has 0 aliphatic carbocycles. The molecule has 0 aliphatic rings. The van der Waals surface area contributed by atoms with Crippen LogP contribution >= 0.6 is 0 Å². The zero-order chi connectivity index (χ0) is 8.81. The van der Waals surface area contributed by atoms with Crippen LogP contribution in [0.25, 0.3) is 0 Å². The second-order valence-electron chi connectivity index (χ2n) is 2.43. The normalized spacial score (nSPS) is 9.67. The van der Waals surface area contributed by atoms with Gasteiger partial charge in [-0.1, -0.05) is 5.21 Å². The molecule has 0 spiro atoms. The third-order valence-corrected chi connectivity index (χ3v) is 1.53.